The van der Waals surface area contributed by atoms with Gasteiger partial charge < -0.3 is 14.8 Å². The molecular weight excluding hydrogens is 360 g/mol. The lowest BCUT2D eigenvalue weighted by Crippen LogP contribution is -2.16. The summed E-state index contributed by atoms with van der Waals surface area (Å²) in [7, 11) is 1.59. The molecule has 0 spiro atoms. The zero-order chi connectivity index (χ0) is 20.5. The molecule has 1 N–H and O–H groups in total. The molecule has 148 valence electrons. The predicted octanol–water partition coefficient (Wildman–Crippen LogP) is 4.66. The Balaban J connectivity index is 2.31. The summed E-state index contributed by atoms with van der Waals surface area (Å²) >= 11 is 0. The minimum Gasteiger partial charge on any atom is -0.497 e. The number of nitro benzene ring substituents is 1. The number of ether oxygens (including phenoxy) is 2. The molecule has 28 heavy (non-hydrogen) atoms. The van der Waals surface area contributed by atoms with Crippen LogP contribution in [0.2, 0.25) is 0 Å². The summed E-state index contributed by atoms with van der Waals surface area (Å²) in [4.78, 5) is 22.8. The minimum absolute atomic E-state index is 0.0320. The van der Waals surface area contributed by atoms with Crippen LogP contribution < -0.4 is 10.1 Å². The molecule has 0 aliphatic heterocycles. The topological polar surface area (TPSA) is 90.7 Å². The van der Waals surface area contributed by atoms with Gasteiger partial charge >= 0.3 is 5.97 Å². The second kappa shape index (κ2) is 10.1. The highest BCUT2D eigenvalue weighted by atomic mass is 16.6. The first kappa shape index (κ1) is 21.0. The van der Waals surface area contributed by atoms with Gasteiger partial charge in [0.2, 0.25) is 0 Å². The van der Waals surface area contributed by atoms with Crippen molar-refractivity contribution < 1.29 is 19.2 Å². The van der Waals surface area contributed by atoms with Crippen molar-refractivity contribution in [2.45, 2.75) is 26.2 Å². The number of benzene rings is 2. The van der Waals surface area contributed by atoms with Crippen molar-refractivity contribution >= 4 is 17.3 Å². The number of esters is 1. The minimum atomic E-state index is -0.460. The number of carbonyl (C=O) groups is 1. The lowest BCUT2D eigenvalue weighted by molar-refractivity contribution is -0.384. The normalized spacial score (nSPS) is 12.2. The molecule has 2 rings (SSSR count). The summed E-state index contributed by atoms with van der Waals surface area (Å²) in [6.07, 6.45) is 2.51. The Labute approximate surface area is 164 Å². The molecule has 2 aromatic carbocycles. The van der Waals surface area contributed by atoms with Crippen molar-refractivity contribution in [2.75, 3.05) is 19.0 Å². The molecule has 0 amide bonds. The number of rotatable bonds is 9. The highest BCUT2D eigenvalue weighted by Gasteiger charge is 2.16. The summed E-state index contributed by atoms with van der Waals surface area (Å²) in [6, 6.07) is 13.5. The first-order valence-corrected chi connectivity index (χ1v) is 9.02. The fourth-order valence-electron chi connectivity index (χ4n) is 2.69. The lowest BCUT2D eigenvalue weighted by atomic mass is 9.95. The standard InChI is InChI=1S/C21H24N2O5/c1-4-15(16-6-10-18(11-7-16)23(25)26)14-20(21(24)28-5-2)22-17-8-12-19(27-3)13-9-17/h6-15,22H,4-5H2,1-3H3/b20-14-/t15-/m0/s1. The Morgan fingerprint density at radius 2 is 1.79 bits per heavy atom. The third kappa shape index (κ3) is 5.57. The number of non-ortho nitro benzene ring substituents is 1. The Bertz CT molecular complexity index is 829. The van der Waals surface area contributed by atoms with Crippen molar-refractivity contribution in [3.63, 3.8) is 0 Å². The smallest absolute Gasteiger partial charge is 0.354 e. The van der Waals surface area contributed by atoms with E-state index in [1.807, 2.05) is 6.92 Å². The van der Waals surface area contributed by atoms with Crippen LogP contribution in [0.1, 0.15) is 31.7 Å². The van der Waals surface area contributed by atoms with Crippen LogP contribution in [0.5, 0.6) is 5.75 Å². The number of anilines is 1. The number of carbonyl (C=O) groups excluding carboxylic acids is 1. The maximum Gasteiger partial charge on any atom is 0.354 e. The quantitative estimate of drug-likeness (QED) is 0.293. The average molecular weight is 384 g/mol. The molecule has 1 atom stereocenters. The van der Waals surface area contributed by atoms with Crippen LogP contribution in [-0.2, 0) is 9.53 Å². The fourth-order valence-corrected chi connectivity index (χ4v) is 2.69. The van der Waals surface area contributed by atoms with Crippen molar-refractivity contribution in [3.05, 3.63) is 76.0 Å². The number of hydrogen-bond donors (Lipinski definition) is 1. The van der Waals surface area contributed by atoms with Gasteiger partial charge in [0, 0.05) is 23.7 Å². The van der Waals surface area contributed by atoms with Gasteiger partial charge in [0.1, 0.15) is 11.4 Å². The van der Waals surface area contributed by atoms with Gasteiger partial charge in [-0.2, -0.15) is 0 Å². The van der Waals surface area contributed by atoms with E-state index in [9.17, 15) is 14.9 Å². The SMILES string of the molecule is CCOC(=O)/C(=C/[C@H](CC)c1ccc([N+](=O)[O-])cc1)Nc1ccc(OC)cc1. The maximum atomic E-state index is 12.4. The molecule has 0 bridgehead atoms. The summed E-state index contributed by atoms with van der Waals surface area (Å²) < 4.78 is 10.3. The molecule has 0 aliphatic rings. The van der Waals surface area contributed by atoms with Crippen molar-refractivity contribution in [2.24, 2.45) is 0 Å². The number of nitrogens with zero attached hydrogens (tertiary/aromatic N) is 1. The molecule has 0 aromatic heterocycles. The number of nitro groups is 1. The second-order valence-corrected chi connectivity index (χ2v) is 6.02. The van der Waals surface area contributed by atoms with Crippen LogP contribution in [-0.4, -0.2) is 24.6 Å². The summed E-state index contributed by atoms with van der Waals surface area (Å²) in [6.45, 7) is 3.99. The van der Waals surface area contributed by atoms with E-state index in [0.717, 1.165) is 11.3 Å². The predicted molar refractivity (Wildman–Crippen MR) is 107 cm³/mol. The summed E-state index contributed by atoms with van der Waals surface area (Å²) in [5, 5.41) is 14.0. The van der Waals surface area contributed by atoms with Gasteiger partial charge in [0.05, 0.1) is 18.6 Å². The van der Waals surface area contributed by atoms with Gasteiger partial charge in [-0.25, -0.2) is 4.79 Å². The molecule has 7 heteroatoms. The number of allylic oxidation sites excluding steroid dienone is 1. The molecule has 0 heterocycles. The Morgan fingerprint density at radius 1 is 1.14 bits per heavy atom. The second-order valence-electron chi connectivity index (χ2n) is 6.02. The molecule has 0 saturated carbocycles. The zero-order valence-corrected chi connectivity index (χ0v) is 16.2. The highest BCUT2D eigenvalue weighted by molar-refractivity contribution is 5.92. The maximum absolute atomic E-state index is 12.4. The van der Waals surface area contributed by atoms with Crippen molar-refractivity contribution in [1.29, 1.82) is 0 Å². The fraction of sp³-hybridized carbons (Fsp3) is 0.286. The van der Waals surface area contributed by atoms with Gasteiger partial charge in [-0.05, 0) is 49.2 Å². The van der Waals surface area contributed by atoms with E-state index in [1.165, 1.54) is 12.1 Å². The molecule has 0 unspecified atom stereocenters. The number of hydrogen-bond acceptors (Lipinski definition) is 6. The van der Waals surface area contributed by atoms with Gasteiger partial charge in [-0.1, -0.05) is 19.1 Å². The zero-order valence-electron chi connectivity index (χ0n) is 16.2. The van der Waals surface area contributed by atoms with Crippen LogP contribution in [0, 0.1) is 10.1 Å². The van der Waals surface area contributed by atoms with E-state index >= 15 is 0 Å². The third-order valence-electron chi connectivity index (χ3n) is 4.20. The average Bonchev–Trinajstić information content (AvgIpc) is 2.71. The molecule has 0 radical (unpaired) electrons. The largest absolute Gasteiger partial charge is 0.497 e. The van der Waals surface area contributed by atoms with E-state index < -0.39 is 10.9 Å². The van der Waals surface area contributed by atoms with Crippen LogP contribution in [0.3, 0.4) is 0 Å². The Kier molecular flexibility index (Phi) is 7.56. The van der Waals surface area contributed by atoms with E-state index in [4.69, 9.17) is 9.47 Å². The van der Waals surface area contributed by atoms with Gasteiger partial charge in [-0.3, -0.25) is 10.1 Å². The van der Waals surface area contributed by atoms with E-state index in [2.05, 4.69) is 5.32 Å². The molecule has 0 aliphatic carbocycles. The van der Waals surface area contributed by atoms with Crippen LogP contribution in [0.15, 0.2) is 60.3 Å². The van der Waals surface area contributed by atoms with Gasteiger partial charge in [0.25, 0.3) is 5.69 Å². The molecule has 0 fully saturated rings. The van der Waals surface area contributed by atoms with Crippen molar-refractivity contribution in [3.8, 4) is 5.75 Å². The molecular formula is C21H24N2O5. The number of nitrogens with one attached hydrogen (secondary N) is 1. The van der Waals surface area contributed by atoms with E-state index in [-0.39, 0.29) is 18.2 Å². The third-order valence-corrected chi connectivity index (χ3v) is 4.20. The van der Waals surface area contributed by atoms with Gasteiger partial charge in [-0.15, -0.1) is 0 Å². The van der Waals surface area contributed by atoms with Crippen LogP contribution in [0.4, 0.5) is 11.4 Å². The highest BCUT2D eigenvalue weighted by Crippen LogP contribution is 2.26. The van der Waals surface area contributed by atoms with E-state index in [0.29, 0.717) is 17.9 Å². The molecule has 0 saturated heterocycles. The first-order chi connectivity index (χ1) is 13.5. The van der Waals surface area contributed by atoms with Crippen LogP contribution in [0.25, 0.3) is 0 Å². The van der Waals surface area contributed by atoms with Gasteiger partial charge in [0.15, 0.2) is 0 Å². The number of methoxy groups -OCH3 is 1. The molecule has 7 nitrogen and oxygen atoms in total. The Hall–Kier alpha value is -3.35. The van der Waals surface area contributed by atoms with Crippen LogP contribution >= 0.6 is 0 Å². The summed E-state index contributed by atoms with van der Waals surface area (Å²) in [5.74, 6) is 0.147. The van der Waals surface area contributed by atoms with E-state index in [1.54, 1.807) is 56.5 Å². The summed E-state index contributed by atoms with van der Waals surface area (Å²) in [5.41, 5.74) is 1.95. The Morgan fingerprint density at radius 3 is 2.29 bits per heavy atom. The molecule has 2 aromatic rings. The monoisotopic (exact) mass is 384 g/mol. The first-order valence-electron chi connectivity index (χ1n) is 9.02. The lowest BCUT2D eigenvalue weighted by Gasteiger charge is -2.16. The van der Waals surface area contributed by atoms with Crippen molar-refractivity contribution in [1.82, 2.24) is 0 Å².